The maximum Gasteiger partial charge on any atom is 0.0589 e. The second-order valence-electron chi connectivity index (χ2n) is 5.88. The summed E-state index contributed by atoms with van der Waals surface area (Å²) in [7, 11) is 3.54. The minimum Gasteiger partial charge on any atom is -0.385 e. The molecule has 0 aliphatic heterocycles. The van der Waals surface area contributed by atoms with Gasteiger partial charge in [-0.05, 0) is 31.2 Å². The van der Waals surface area contributed by atoms with Crippen molar-refractivity contribution in [1.82, 2.24) is 4.90 Å². The standard InChI is InChI=1S/C15H32N2O2/c1-18-11-6-9-17(10-12-19-2)14-15(13-16)7-4-3-5-8-15/h3-14,16H2,1-2H3. The molecule has 1 rings (SSSR count). The van der Waals surface area contributed by atoms with Crippen molar-refractivity contribution >= 4 is 0 Å². The van der Waals surface area contributed by atoms with Gasteiger partial charge < -0.3 is 20.1 Å². The number of hydrogen-bond donors (Lipinski definition) is 1. The number of nitrogens with zero attached hydrogens (tertiary/aromatic N) is 1. The first-order valence-corrected chi connectivity index (χ1v) is 7.66. The summed E-state index contributed by atoms with van der Waals surface area (Å²) < 4.78 is 10.4. The predicted molar refractivity (Wildman–Crippen MR) is 79.4 cm³/mol. The zero-order valence-electron chi connectivity index (χ0n) is 12.8. The Bertz CT molecular complexity index is 218. The molecule has 0 saturated heterocycles. The van der Waals surface area contributed by atoms with Crippen LogP contribution in [0.4, 0.5) is 0 Å². The number of methoxy groups -OCH3 is 2. The molecule has 1 aliphatic carbocycles. The van der Waals surface area contributed by atoms with E-state index >= 15 is 0 Å². The molecule has 0 heterocycles. The summed E-state index contributed by atoms with van der Waals surface area (Å²) in [6, 6.07) is 0. The second kappa shape index (κ2) is 9.70. The molecule has 0 unspecified atom stereocenters. The van der Waals surface area contributed by atoms with Crippen LogP contribution in [0.1, 0.15) is 38.5 Å². The largest absolute Gasteiger partial charge is 0.385 e. The molecule has 0 radical (unpaired) electrons. The molecule has 1 saturated carbocycles. The fraction of sp³-hybridized carbons (Fsp3) is 1.00. The van der Waals surface area contributed by atoms with Crippen LogP contribution in [0.5, 0.6) is 0 Å². The maximum absolute atomic E-state index is 6.09. The lowest BCUT2D eigenvalue weighted by Gasteiger charge is -2.40. The van der Waals surface area contributed by atoms with E-state index in [0.717, 1.165) is 45.8 Å². The highest BCUT2D eigenvalue weighted by molar-refractivity contribution is 4.86. The van der Waals surface area contributed by atoms with Crippen LogP contribution in [0.2, 0.25) is 0 Å². The SMILES string of the molecule is COCCCN(CCOC)CC1(CN)CCCCC1. The van der Waals surface area contributed by atoms with Crippen LogP contribution in [0.15, 0.2) is 0 Å². The van der Waals surface area contributed by atoms with Gasteiger partial charge in [-0.25, -0.2) is 0 Å². The van der Waals surface area contributed by atoms with E-state index in [1.165, 1.54) is 32.1 Å². The van der Waals surface area contributed by atoms with Gasteiger partial charge in [-0.2, -0.15) is 0 Å². The van der Waals surface area contributed by atoms with Crippen LogP contribution < -0.4 is 5.73 Å². The van der Waals surface area contributed by atoms with E-state index in [1.54, 1.807) is 14.2 Å². The fourth-order valence-corrected chi connectivity index (χ4v) is 3.13. The van der Waals surface area contributed by atoms with Crippen LogP contribution >= 0.6 is 0 Å². The third-order valence-electron chi connectivity index (χ3n) is 4.34. The lowest BCUT2D eigenvalue weighted by molar-refractivity contribution is 0.0772. The molecule has 19 heavy (non-hydrogen) atoms. The van der Waals surface area contributed by atoms with Gasteiger partial charge in [0.05, 0.1) is 6.61 Å². The molecule has 0 spiro atoms. The molecule has 114 valence electrons. The van der Waals surface area contributed by atoms with Crippen molar-refractivity contribution in [2.75, 3.05) is 53.6 Å². The van der Waals surface area contributed by atoms with Crippen LogP contribution in [-0.2, 0) is 9.47 Å². The Hall–Kier alpha value is -0.160. The lowest BCUT2D eigenvalue weighted by atomic mass is 9.73. The predicted octanol–water partition coefficient (Wildman–Crippen LogP) is 1.88. The van der Waals surface area contributed by atoms with E-state index in [-0.39, 0.29) is 0 Å². The molecule has 4 heteroatoms. The Labute approximate surface area is 118 Å². The lowest BCUT2D eigenvalue weighted by Crippen LogP contribution is -2.45. The first-order chi connectivity index (χ1) is 9.26. The fourth-order valence-electron chi connectivity index (χ4n) is 3.13. The summed E-state index contributed by atoms with van der Waals surface area (Å²) in [6.45, 7) is 5.66. The first kappa shape index (κ1) is 16.9. The van der Waals surface area contributed by atoms with Crippen molar-refractivity contribution in [3.8, 4) is 0 Å². The molecule has 0 aromatic heterocycles. The summed E-state index contributed by atoms with van der Waals surface area (Å²) in [5.74, 6) is 0. The highest BCUT2D eigenvalue weighted by Gasteiger charge is 2.32. The Balaban J connectivity index is 2.47. The van der Waals surface area contributed by atoms with Crippen LogP contribution in [0.25, 0.3) is 0 Å². The van der Waals surface area contributed by atoms with Crippen LogP contribution in [-0.4, -0.2) is 58.5 Å². The zero-order valence-corrected chi connectivity index (χ0v) is 12.8. The number of hydrogen-bond acceptors (Lipinski definition) is 4. The van der Waals surface area contributed by atoms with E-state index in [2.05, 4.69) is 4.90 Å². The van der Waals surface area contributed by atoms with E-state index in [0.29, 0.717) is 5.41 Å². The monoisotopic (exact) mass is 272 g/mol. The highest BCUT2D eigenvalue weighted by atomic mass is 16.5. The molecule has 0 bridgehead atoms. The molecule has 0 atom stereocenters. The van der Waals surface area contributed by atoms with E-state index < -0.39 is 0 Å². The quantitative estimate of drug-likeness (QED) is 0.617. The number of rotatable bonds is 10. The molecular formula is C15H32N2O2. The Morgan fingerprint density at radius 1 is 1.00 bits per heavy atom. The minimum atomic E-state index is 0.346. The molecular weight excluding hydrogens is 240 g/mol. The molecule has 2 N–H and O–H groups in total. The molecule has 0 amide bonds. The van der Waals surface area contributed by atoms with Crippen molar-refractivity contribution in [3.63, 3.8) is 0 Å². The molecule has 0 aromatic carbocycles. The molecule has 4 nitrogen and oxygen atoms in total. The highest BCUT2D eigenvalue weighted by Crippen LogP contribution is 2.36. The smallest absolute Gasteiger partial charge is 0.0589 e. The van der Waals surface area contributed by atoms with Gasteiger partial charge in [-0.15, -0.1) is 0 Å². The van der Waals surface area contributed by atoms with Gasteiger partial charge in [0.15, 0.2) is 0 Å². The summed E-state index contributed by atoms with van der Waals surface area (Å²) in [5, 5.41) is 0. The average molecular weight is 272 g/mol. The average Bonchev–Trinajstić information content (AvgIpc) is 2.46. The van der Waals surface area contributed by atoms with Crippen LogP contribution in [0, 0.1) is 5.41 Å². The van der Waals surface area contributed by atoms with Gasteiger partial charge in [-0.3, -0.25) is 0 Å². The Morgan fingerprint density at radius 2 is 1.68 bits per heavy atom. The molecule has 0 aromatic rings. The van der Waals surface area contributed by atoms with E-state index in [4.69, 9.17) is 15.2 Å². The molecule has 1 fully saturated rings. The Morgan fingerprint density at radius 3 is 2.26 bits per heavy atom. The summed E-state index contributed by atoms with van der Waals surface area (Å²) in [5.41, 5.74) is 6.43. The van der Waals surface area contributed by atoms with Gasteiger partial charge in [0.1, 0.15) is 0 Å². The van der Waals surface area contributed by atoms with Crippen molar-refractivity contribution in [2.45, 2.75) is 38.5 Å². The third kappa shape index (κ3) is 6.21. The number of nitrogens with two attached hydrogens (primary N) is 1. The summed E-state index contributed by atoms with van der Waals surface area (Å²) >= 11 is 0. The van der Waals surface area contributed by atoms with Gasteiger partial charge >= 0.3 is 0 Å². The van der Waals surface area contributed by atoms with Crippen molar-refractivity contribution in [3.05, 3.63) is 0 Å². The Kier molecular flexibility index (Phi) is 8.62. The number of ether oxygens (including phenoxy) is 2. The topological polar surface area (TPSA) is 47.7 Å². The van der Waals surface area contributed by atoms with Crippen molar-refractivity contribution < 1.29 is 9.47 Å². The third-order valence-corrected chi connectivity index (χ3v) is 4.34. The first-order valence-electron chi connectivity index (χ1n) is 7.66. The maximum atomic E-state index is 6.09. The van der Waals surface area contributed by atoms with Gasteiger partial charge in [0.2, 0.25) is 0 Å². The van der Waals surface area contributed by atoms with E-state index in [1.807, 2.05) is 0 Å². The molecule has 1 aliphatic rings. The zero-order chi connectivity index (χ0) is 14.0. The summed E-state index contributed by atoms with van der Waals surface area (Å²) in [4.78, 5) is 2.51. The summed E-state index contributed by atoms with van der Waals surface area (Å²) in [6.07, 6.45) is 7.72. The normalized spacial score (nSPS) is 18.9. The van der Waals surface area contributed by atoms with Crippen LogP contribution in [0.3, 0.4) is 0 Å². The van der Waals surface area contributed by atoms with Crippen molar-refractivity contribution in [1.29, 1.82) is 0 Å². The second-order valence-corrected chi connectivity index (χ2v) is 5.88. The van der Waals surface area contributed by atoms with Gasteiger partial charge in [0.25, 0.3) is 0 Å². The van der Waals surface area contributed by atoms with Gasteiger partial charge in [-0.1, -0.05) is 19.3 Å². The van der Waals surface area contributed by atoms with Crippen molar-refractivity contribution in [2.24, 2.45) is 11.1 Å². The van der Waals surface area contributed by atoms with E-state index in [9.17, 15) is 0 Å². The minimum absolute atomic E-state index is 0.346. The van der Waals surface area contributed by atoms with Gasteiger partial charge in [0, 0.05) is 40.5 Å².